The number of likely N-dealkylation sites (tertiary alicyclic amines) is 1. The molecule has 2 atom stereocenters. The van der Waals surface area contributed by atoms with Crippen LogP contribution in [-0.2, 0) is 14.3 Å². The van der Waals surface area contributed by atoms with E-state index in [-0.39, 0.29) is 23.3 Å². The number of hydrogen-bond donors (Lipinski definition) is 2. The van der Waals surface area contributed by atoms with Crippen LogP contribution < -0.4 is 10.6 Å². The number of rotatable bonds is 11. The molecule has 3 aliphatic heterocycles. The molecule has 0 bridgehead atoms. The topological polar surface area (TPSA) is 111 Å². The van der Waals surface area contributed by atoms with Crippen LogP contribution >= 0.6 is 0 Å². The van der Waals surface area contributed by atoms with E-state index in [9.17, 15) is 9.59 Å². The fourth-order valence-corrected chi connectivity index (χ4v) is 6.47. The summed E-state index contributed by atoms with van der Waals surface area (Å²) in [5, 5.41) is 12.5. The molecule has 0 radical (unpaired) electrons. The number of ether oxygens (including phenoxy) is 1. The normalized spacial score (nSPS) is 24.8. The summed E-state index contributed by atoms with van der Waals surface area (Å²) in [4.78, 5) is 37.6. The molecule has 0 aromatic heterocycles. The molecule has 1 saturated carbocycles. The monoisotopic (exact) mass is 643 g/mol. The number of carbonyl (C=O) groups excluding carboxylic acids is 2. The van der Waals surface area contributed by atoms with Gasteiger partial charge in [0.15, 0.2) is 11.6 Å². The molecule has 2 N–H and O–H groups in total. The smallest absolute Gasteiger partial charge is 0.239 e. The molecule has 250 valence electrons. The number of piperidine rings is 1. The van der Waals surface area contributed by atoms with Crippen molar-refractivity contribution in [1.29, 1.82) is 0 Å². The van der Waals surface area contributed by atoms with Crippen molar-refractivity contribution in [3.05, 3.63) is 83.4 Å². The van der Waals surface area contributed by atoms with E-state index in [1.54, 1.807) is 18.5 Å². The third-order valence-corrected chi connectivity index (χ3v) is 9.39. The number of carbonyl (C=O) groups is 2. The first-order valence-electron chi connectivity index (χ1n) is 16.6. The van der Waals surface area contributed by atoms with Crippen molar-refractivity contribution in [1.82, 2.24) is 20.5 Å². The van der Waals surface area contributed by atoms with Gasteiger partial charge in [0, 0.05) is 23.4 Å². The van der Waals surface area contributed by atoms with Crippen LogP contribution in [0.2, 0.25) is 0 Å². The van der Waals surface area contributed by atoms with E-state index < -0.39 is 23.3 Å². The quantitative estimate of drug-likeness (QED) is 0.187. The van der Waals surface area contributed by atoms with Crippen LogP contribution in [0.4, 0.5) is 4.39 Å². The van der Waals surface area contributed by atoms with Crippen LogP contribution in [0.5, 0.6) is 0 Å². The van der Waals surface area contributed by atoms with Gasteiger partial charge >= 0.3 is 0 Å². The van der Waals surface area contributed by atoms with Gasteiger partial charge in [0.05, 0.1) is 30.5 Å². The number of hydrazone groups is 1. The maximum absolute atomic E-state index is 15.3. The van der Waals surface area contributed by atoms with Gasteiger partial charge in [0.2, 0.25) is 11.8 Å². The largest absolute Gasteiger partial charge is 0.455 e. The Morgan fingerprint density at radius 2 is 1.91 bits per heavy atom. The van der Waals surface area contributed by atoms with E-state index >= 15 is 4.39 Å². The van der Waals surface area contributed by atoms with Crippen LogP contribution in [-0.4, -0.2) is 85.7 Å². The average Bonchev–Trinajstić information content (AvgIpc) is 3.48. The van der Waals surface area contributed by atoms with E-state index in [0.29, 0.717) is 43.1 Å². The Hall–Kier alpha value is -4.38. The van der Waals surface area contributed by atoms with Crippen LogP contribution in [0.25, 0.3) is 0 Å². The minimum Gasteiger partial charge on any atom is -0.455 e. The summed E-state index contributed by atoms with van der Waals surface area (Å²) in [6.07, 6.45) is 21.4. The first kappa shape index (κ1) is 34.0. The summed E-state index contributed by atoms with van der Waals surface area (Å²) in [5.74, 6) is -1.12. The molecule has 10 nitrogen and oxygen atoms in total. The van der Waals surface area contributed by atoms with Crippen molar-refractivity contribution >= 4 is 31.0 Å². The highest BCUT2D eigenvalue weighted by Crippen LogP contribution is 2.39. The SMILES string of the molecule is C=NC1C=C(C(=C)OC2=CCC(NC(=O)C3(C(=O)N/C=C/CC)CCCC3)C=C2F)C=NC(C2=CCN(C3CCN(C)CC3)N=C2)=C1. The van der Waals surface area contributed by atoms with Crippen LogP contribution in [0.1, 0.15) is 58.3 Å². The number of amides is 2. The molecule has 3 heterocycles. The Balaban J connectivity index is 1.18. The Morgan fingerprint density at radius 1 is 1.15 bits per heavy atom. The third-order valence-electron chi connectivity index (χ3n) is 9.39. The number of hydrogen-bond acceptors (Lipinski definition) is 8. The molecular formula is C36H46FN7O3. The summed E-state index contributed by atoms with van der Waals surface area (Å²) in [5.41, 5.74) is 0.998. The molecule has 2 amide bonds. The Morgan fingerprint density at radius 3 is 2.57 bits per heavy atom. The zero-order valence-electron chi connectivity index (χ0n) is 27.5. The molecule has 0 aromatic rings. The number of nitrogens with one attached hydrogen (secondary N) is 2. The zero-order valence-corrected chi connectivity index (χ0v) is 27.5. The maximum Gasteiger partial charge on any atom is 0.239 e. The summed E-state index contributed by atoms with van der Waals surface area (Å²) >= 11 is 0. The van der Waals surface area contributed by atoms with Crippen molar-refractivity contribution in [3.8, 4) is 0 Å². The Labute approximate surface area is 277 Å². The maximum atomic E-state index is 15.3. The zero-order chi connectivity index (χ0) is 33.4. The molecule has 5 rings (SSSR count). The Bertz CT molecular complexity index is 1490. The van der Waals surface area contributed by atoms with Gasteiger partial charge in [0.25, 0.3) is 0 Å². The van der Waals surface area contributed by atoms with Crippen LogP contribution in [0.15, 0.2) is 98.5 Å². The molecule has 2 fully saturated rings. The summed E-state index contributed by atoms with van der Waals surface area (Å²) in [6, 6.07) is -0.580. The van der Waals surface area contributed by atoms with Gasteiger partial charge in [-0.25, -0.2) is 4.39 Å². The van der Waals surface area contributed by atoms with Gasteiger partial charge in [0.1, 0.15) is 11.2 Å². The predicted octanol–water partition coefficient (Wildman–Crippen LogP) is 5.03. The third kappa shape index (κ3) is 8.13. The minimum absolute atomic E-state index is 0.00415. The highest BCUT2D eigenvalue weighted by Gasteiger charge is 2.48. The fraction of sp³-hybridized carbons (Fsp3) is 0.472. The number of nitrogens with zero attached hydrogens (tertiary/aromatic N) is 5. The standard InChI is InChI=1S/C36H46FN7O3/c1-5-6-16-39-34(45)36(14-7-8-15-36)35(46)42-28-9-10-33(31(37)21-28)47-25(2)27-20-29(38-3)22-32(40-23-27)26-11-19-44(41-24-26)30-12-17-43(4)18-13-30/h6,10-11,16,20-24,28-30H,2-3,5,7-9,12-15,17-19H2,1,4H3,(H,39,45)(H,42,46)/b16-6+. The lowest BCUT2D eigenvalue weighted by Crippen LogP contribution is -2.51. The molecule has 2 aliphatic carbocycles. The van der Waals surface area contributed by atoms with E-state index in [0.717, 1.165) is 50.8 Å². The summed E-state index contributed by atoms with van der Waals surface area (Å²) in [7, 11) is 2.15. The Kier molecular flexibility index (Phi) is 11.2. The predicted molar refractivity (Wildman–Crippen MR) is 184 cm³/mol. The van der Waals surface area contributed by atoms with Crippen molar-refractivity contribution in [2.45, 2.75) is 76.4 Å². The molecule has 47 heavy (non-hydrogen) atoms. The first-order chi connectivity index (χ1) is 22.7. The van der Waals surface area contributed by atoms with E-state index in [1.807, 2.05) is 31.4 Å². The molecule has 2 unspecified atom stereocenters. The highest BCUT2D eigenvalue weighted by atomic mass is 19.1. The minimum atomic E-state index is -1.16. The van der Waals surface area contributed by atoms with Crippen LogP contribution in [0.3, 0.4) is 0 Å². The molecular weight excluding hydrogens is 597 g/mol. The lowest BCUT2D eigenvalue weighted by Gasteiger charge is -2.36. The molecule has 1 saturated heterocycles. The summed E-state index contributed by atoms with van der Waals surface area (Å²) < 4.78 is 21.2. The second kappa shape index (κ2) is 15.5. The number of aliphatic imine (C=N–C) groups is 2. The number of allylic oxidation sites excluding steroid dienone is 4. The fourth-order valence-electron chi connectivity index (χ4n) is 6.47. The lowest BCUT2D eigenvalue weighted by atomic mass is 9.83. The van der Waals surface area contributed by atoms with Crippen molar-refractivity contribution in [2.24, 2.45) is 20.5 Å². The second-order valence-corrected chi connectivity index (χ2v) is 12.7. The first-order valence-corrected chi connectivity index (χ1v) is 16.6. The second-order valence-electron chi connectivity index (χ2n) is 12.7. The van der Waals surface area contributed by atoms with Gasteiger partial charge in [-0.15, -0.1) is 0 Å². The van der Waals surface area contributed by atoms with E-state index in [2.05, 4.69) is 56.9 Å². The van der Waals surface area contributed by atoms with E-state index in [1.165, 1.54) is 6.08 Å². The van der Waals surface area contributed by atoms with Gasteiger partial charge in [-0.2, -0.15) is 5.10 Å². The van der Waals surface area contributed by atoms with E-state index in [4.69, 9.17) is 9.84 Å². The van der Waals surface area contributed by atoms with Gasteiger partial charge in [-0.05, 0) is 95.9 Å². The van der Waals surface area contributed by atoms with Crippen LogP contribution in [0, 0.1) is 5.41 Å². The summed E-state index contributed by atoms with van der Waals surface area (Å²) in [6.45, 7) is 12.6. The highest BCUT2D eigenvalue weighted by molar-refractivity contribution is 6.05. The van der Waals surface area contributed by atoms with Gasteiger partial charge < -0.3 is 20.3 Å². The van der Waals surface area contributed by atoms with Crippen molar-refractivity contribution < 1.29 is 18.7 Å². The van der Waals surface area contributed by atoms with Crippen molar-refractivity contribution in [3.63, 3.8) is 0 Å². The molecule has 0 aromatic carbocycles. The van der Waals surface area contributed by atoms with Crippen molar-refractivity contribution in [2.75, 3.05) is 26.7 Å². The number of halogens is 1. The molecule has 0 spiro atoms. The lowest BCUT2D eigenvalue weighted by molar-refractivity contribution is -0.143. The van der Waals surface area contributed by atoms with Gasteiger partial charge in [-0.1, -0.05) is 38.5 Å². The molecule has 5 aliphatic rings. The van der Waals surface area contributed by atoms with Gasteiger partial charge in [-0.3, -0.25) is 24.6 Å². The molecule has 11 heteroatoms. The average molecular weight is 644 g/mol.